The molecule has 0 aromatic heterocycles. The van der Waals surface area contributed by atoms with E-state index in [1.165, 1.54) is 64.2 Å². The Bertz CT molecular complexity index is 263. The van der Waals surface area contributed by atoms with Crippen molar-refractivity contribution >= 4 is 0 Å². The molecular weight excluding hydrogens is 261 g/mol. The third kappa shape index (κ3) is 5.54. The van der Waals surface area contributed by atoms with Gasteiger partial charge in [0.25, 0.3) is 0 Å². The molecule has 124 valence electrons. The summed E-state index contributed by atoms with van der Waals surface area (Å²) in [6.07, 6.45) is 16.1. The molecule has 2 fully saturated rings. The van der Waals surface area contributed by atoms with Crippen LogP contribution in [0.4, 0.5) is 4.39 Å². The molecule has 2 saturated carbocycles. The van der Waals surface area contributed by atoms with Crippen molar-refractivity contribution in [2.75, 3.05) is 20.8 Å². The van der Waals surface area contributed by atoms with Crippen LogP contribution >= 0.6 is 0 Å². The Morgan fingerprint density at radius 1 is 0.762 bits per heavy atom. The van der Waals surface area contributed by atoms with Crippen molar-refractivity contribution in [1.82, 2.24) is 4.90 Å². The van der Waals surface area contributed by atoms with Gasteiger partial charge in [-0.25, -0.2) is 0 Å². The molecule has 0 amide bonds. The van der Waals surface area contributed by atoms with Crippen molar-refractivity contribution in [2.24, 2.45) is 17.8 Å². The SMILES string of the molecule is CN(C)C1CCC(C2CCC(CCCCCF)CC2)CC1. The Balaban J connectivity index is 1.61. The molecule has 2 heteroatoms. The van der Waals surface area contributed by atoms with E-state index in [-0.39, 0.29) is 6.67 Å². The maximum absolute atomic E-state index is 12.1. The molecule has 0 atom stereocenters. The minimum atomic E-state index is -0.123. The van der Waals surface area contributed by atoms with Crippen molar-refractivity contribution in [1.29, 1.82) is 0 Å². The lowest BCUT2D eigenvalue weighted by atomic mass is 9.69. The molecule has 0 unspecified atom stereocenters. The van der Waals surface area contributed by atoms with E-state index in [1.807, 2.05) is 0 Å². The minimum Gasteiger partial charge on any atom is -0.306 e. The number of hydrogen-bond donors (Lipinski definition) is 0. The van der Waals surface area contributed by atoms with Crippen LogP contribution in [0.3, 0.4) is 0 Å². The number of rotatable bonds is 7. The van der Waals surface area contributed by atoms with Gasteiger partial charge in [0.15, 0.2) is 0 Å². The van der Waals surface area contributed by atoms with Gasteiger partial charge >= 0.3 is 0 Å². The second-order valence-corrected chi connectivity index (χ2v) is 7.85. The summed E-state index contributed by atoms with van der Waals surface area (Å²) in [4.78, 5) is 2.42. The Labute approximate surface area is 131 Å². The predicted octanol–water partition coefficient (Wildman–Crippen LogP) is 5.44. The minimum absolute atomic E-state index is 0.123. The van der Waals surface area contributed by atoms with E-state index in [1.54, 1.807) is 0 Å². The zero-order chi connectivity index (χ0) is 15.1. The maximum Gasteiger partial charge on any atom is 0.0894 e. The van der Waals surface area contributed by atoms with Crippen LogP contribution < -0.4 is 0 Å². The molecule has 0 aromatic carbocycles. The highest BCUT2D eigenvalue weighted by molar-refractivity contribution is 4.84. The summed E-state index contributed by atoms with van der Waals surface area (Å²) in [7, 11) is 4.47. The number of halogens is 1. The first-order valence-electron chi connectivity index (χ1n) is 9.43. The zero-order valence-corrected chi connectivity index (χ0v) is 14.3. The summed E-state index contributed by atoms with van der Waals surface area (Å²) < 4.78 is 12.1. The summed E-state index contributed by atoms with van der Waals surface area (Å²) in [5.41, 5.74) is 0. The average Bonchev–Trinajstić information content (AvgIpc) is 2.52. The standard InChI is InChI=1S/C19H36FN/c1-21(2)19-13-11-18(12-14-19)17-9-7-16(8-10-17)6-4-3-5-15-20/h16-19H,3-15H2,1-2H3. The summed E-state index contributed by atoms with van der Waals surface area (Å²) in [5, 5.41) is 0. The fraction of sp³-hybridized carbons (Fsp3) is 1.00. The third-order valence-corrected chi connectivity index (χ3v) is 6.28. The van der Waals surface area contributed by atoms with Gasteiger partial charge < -0.3 is 4.90 Å². The second-order valence-electron chi connectivity index (χ2n) is 7.85. The van der Waals surface area contributed by atoms with Crippen LogP contribution in [0.5, 0.6) is 0 Å². The zero-order valence-electron chi connectivity index (χ0n) is 14.3. The lowest BCUT2D eigenvalue weighted by Crippen LogP contribution is -2.34. The smallest absolute Gasteiger partial charge is 0.0894 e. The van der Waals surface area contributed by atoms with Gasteiger partial charge in [0.05, 0.1) is 6.67 Å². The molecule has 2 aliphatic rings. The van der Waals surface area contributed by atoms with Gasteiger partial charge in [0, 0.05) is 6.04 Å². The fourth-order valence-corrected chi connectivity index (χ4v) is 4.74. The van der Waals surface area contributed by atoms with E-state index in [9.17, 15) is 4.39 Å². The summed E-state index contributed by atoms with van der Waals surface area (Å²) >= 11 is 0. The molecule has 0 spiro atoms. The van der Waals surface area contributed by atoms with Crippen molar-refractivity contribution in [3.8, 4) is 0 Å². The van der Waals surface area contributed by atoms with Gasteiger partial charge in [-0.15, -0.1) is 0 Å². The molecule has 0 aliphatic heterocycles. The van der Waals surface area contributed by atoms with Crippen LogP contribution in [0.15, 0.2) is 0 Å². The van der Waals surface area contributed by atoms with Gasteiger partial charge in [-0.2, -0.15) is 0 Å². The van der Waals surface area contributed by atoms with E-state index in [4.69, 9.17) is 0 Å². The molecule has 1 nitrogen and oxygen atoms in total. The normalized spacial score (nSPS) is 34.3. The number of alkyl halides is 1. The summed E-state index contributed by atoms with van der Waals surface area (Å²) in [5.74, 6) is 3.00. The molecule has 2 aliphatic carbocycles. The summed E-state index contributed by atoms with van der Waals surface area (Å²) in [6.45, 7) is -0.123. The highest BCUT2D eigenvalue weighted by Crippen LogP contribution is 2.41. The average molecular weight is 298 g/mol. The second kappa shape index (κ2) is 9.12. The monoisotopic (exact) mass is 297 g/mol. The lowest BCUT2D eigenvalue weighted by molar-refractivity contribution is 0.123. The van der Waals surface area contributed by atoms with Crippen molar-refractivity contribution in [2.45, 2.75) is 83.1 Å². The predicted molar refractivity (Wildman–Crippen MR) is 89.3 cm³/mol. The van der Waals surface area contributed by atoms with Crippen LogP contribution in [-0.4, -0.2) is 31.7 Å². The van der Waals surface area contributed by atoms with Gasteiger partial charge in [-0.1, -0.05) is 32.1 Å². The maximum atomic E-state index is 12.1. The van der Waals surface area contributed by atoms with Crippen LogP contribution in [0.1, 0.15) is 77.0 Å². The topological polar surface area (TPSA) is 3.24 Å². The lowest BCUT2D eigenvalue weighted by Gasteiger charge is -2.39. The molecule has 0 bridgehead atoms. The van der Waals surface area contributed by atoms with E-state index >= 15 is 0 Å². The first-order valence-corrected chi connectivity index (χ1v) is 9.43. The first kappa shape index (κ1) is 17.2. The van der Waals surface area contributed by atoms with Crippen LogP contribution in [0, 0.1) is 17.8 Å². The number of unbranched alkanes of at least 4 members (excludes halogenated alkanes) is 2. The molecule has 0 radical (unpaired) electrons. The van der Waals surface area contributed by atoms with E-state index in [0.29, 0.717) is 0 Å². The highest BCUT2D eigenvalue weighted by atomic mass is 19.1. The quantitative estimate of drug-likeness (QED) is 0.565. The largest absolute Gasteiger partial charge is 0.306 e. The van der Waals surface area contributed by atoms with Gasteiger partial charge in [0.2, 0.25) is 0 Å². The number of nitrogens with zero attached hydrogens (tertiary/aromatic N) is 1. The van der Waals surface area contributed by atoms with Crippen molar-refractivity contribution in [3.05, 3.63) is 0 Å². The summed E-state index contributed by atoms with van der Waals surface area (Å²) in [6, 6.07) is 0.841. The molecular formula is C19H36FN. The molecule has 0 saturated heterocycles. The van der Waals surface area contributed by atoms with E-state index < -0.39 is 0 Å². The van der Waals surface area contributed by atoms with Crippen molar-refractivity contribution in [3.63, 3.8) is 0 Å². The van der Waals surface area contributed by atoms with Gasteiger partial charge in [0.1, 0.15) is 0 Å². The molecule has 0 N–H and O–H groups in total. The third-order valence-electron chi connectivity index (χ3n) is 6.28. The molecule has 0 heterocycles. The molecule has 0 aromatic rings. The Kier molecular flexibility index (Phi) is 7.49. The van der Waals surface area contributed by atoms with Crippen LogP contribution in [0.2, 0.25) is 0 Å². The highest BCUT2D eigenvalue weighted by Gasteiger charge is 2.31. The Morgan fingerprint density at radius 2 is 1.33 bits per heavy atom. The van der Waals surface area contributed by atoms with Crippen LogP contribution in [0.25, 0.3) is 0 Å². The van der Waals surface area contributed by atoms with E-state index in [0.717, 1.165) is 36.6 Å². The van der Waals surface area contributed by atoms with E-state index in [2.05, 4.69) is 19.0 Å². The Hall–Kier alpha value is -0.110. The first-order chi connectivity index (χ1) is 10.2. The van der Waals surface area contributed by atoms with Gasteiger partial charge in [-0.05, 0) is 76.8 Å². The van der Waals surface area contributed by atoms with Crippen molar-refractivity contribution < 1.29 is 4.39 Å². The van der Waals surface area contributed by atoms with Gasteiger partial charge in [-0.3, -0.25) is 4.39 Å². The number of hydrogen-bond acceptors (Lipinski definition) is 1. The molecule has 2 rings (SSSR count). The Morgan fingerprint density at radius 3 is 1.86 bits per heavy atom. The van der Waals surface area contributed by atoms with Crippen LogP contribution in [-0.2, 0) is 0 Å². The molecule has 21 heavy (non-hydrogen) atoms. The fourth-order valence-electron chi connectivity index (χ4n) is 4.74.